The lowest BCUT2D eigenvalue weighted by molar-refractivity contribution is -0.0531. The largest absolute Gasteiger partial charge is 0.376 e. The number of hydrogen-bond acceptors (Lipinski definition) is 2. The highest BCUT2D eigenvalue weighted by Gasteiger charge is 2.40. The molecule has 0 saturated heterocycles. The summed E-state index contributed by atoms with van der Waals surface area (Å²) in [6, 6.07) is 4.02. The summed E-state index contributed by atoms with van der Waals surface area (Å²) in [7, 11) is 3.45. The molecule has 0 aliphatic heterocycles. The molecule has 1 fully saturated rings. The maximum Gasteiger partial charge on any atom is 0.163 e. The zero-order chi connectivity index (χ0) is 14.6. The summed E-state index contributed by atoms with van der Waals surface area (Å²) in [5, 5.41) is 3.14. The number of rotatable bonds is 4. The number of likely N-dealkylation sites (N-methyl/N-ethyl adjacent to an activating group) is 1. The Labute approximate surface area is 119 Å². The Hall–Kier alpha value is -1.00. The first-order valence-electron chi connectivity index (χ1n) is 7.31. The Morgan fingerprint density at radius 3 is 2.35 bits per heavy atom. The Morgan fingerprint density at radius 2 is 1.80 bits per heavy atom. The average Bonchev–Trinajstić information content (AvgIpc) is 2.71. The molecule has 1 aliphatic rings. The molecule has 1 aromatic carbocycles. The second-order valence-corrected chi connectivity index (χ2v) is 5.55. The van der Waals surface area contributed by atoms with E-state index in [1.165, 1.54) is 12.8 Å². The van der Waals surface area contributed by atoms with Gasteiger partial charge in [0.05, 0.1) is 11.6 Å². The number of hydrogen-bond donors (Lipinski definition) is 1. The van der Waals surface area contributed by atoms with Crippen LogP contribution in [0.3, 0.4) is 0 Å². The van der Waals surface area contributed by atoms with Crippen molar-refractivity contribution in [3.8, 4) is 0 Å². The monoisotopic (exact) mass is 283 g/mol. The van der Waals surface area contributed by atoms with Crippen LogP contribution < -0.4 is 5.32 Å². The van der Waals surface area contributed by atoms with Crippen molar-refractivity contribution in [1.29, 1.82) is 0 Å². The summed E-state index contributed by atoms with van der Waals surface area (Å²) in [5.41, 5.74) is -0.101. The van der Waals surface area contributed by atoms with Gasteiger partial charge in [-0.05, 0) is 26.0 Å². The van der Waals surface area contributed by atoms with Gasteiger partial charge in [0.15, 0.2) is 11.6 Å². The molecule has 1 aliphatic carbocycles. The molecule has 2 rings (SSSR count). The fourth-order valence-electron chi connectivity index (χ4n) is 3.38. The number of methoxy groups -OCH3 is 1. The summed E-state index contributed by atoms with van der Waals surface area (Å²) in [4.78, 5) is 0. The third kappa shape index (κ3) is 2.86. The van der Waals surface area contributed by atoms with Gasteiger partial charge in [-0.25, -0.2) is 8.78 Å². The van der Waals surface area contributed by atoms with Crippen molar-refractivity contribution >= 4 is 0 Å². The fourth-order valence-corrected chi connectivity index (χ4v) is 3.38. The number of ether oxygens (including phenoxy) is 1. The van der Waals surface area contributed by atoms with Gasteiger partial charge in [-0.1, -0.05) is 37.8 Å². The maximum atomic E-state index is 14.1. The van der Waals surface area contributed by atoms with E-state index in [0.717, 1.165) is 31.7 Å². The minimum atomic E-state index is -0.803. The van der Waals surface area contributed by atoms with Gasteiger partial charge >= 0.3 is 0 Å². The first kappa shape index (κ1) is 15.4. The Balaban J connectivity index is 2.40. The van der Waals surface area contributed by atoms with Gasteiger partial charge < -0.3 is 10.1 Å². The zero-order valence-electron chi connectivity index (χ0n) is 12.2. The first-order chi connectivity index (χ1) is 9.64. The fraction of sp³-hybridized carbons (Fsp3) is 0.625. The number of benzene rings is 1. The molecule has 2 nitrogen and oxygen atoms in total. The third-order valence-electron chi connectivity index (χ3n) is 4.46. The molecule has 0 heterocycles. The minimum Gasteiger partial charge on any atom is -0.376 e. The highest BCUT2D eigenvalue weighted by atomic mass is 19.2. The standard InChI is InChI=1S/C16H23F2NO/c1-19-15(12-8-7-9-13(17)14(12)18)16(20-2)10-5-3-4-6-11-16/h7-9,15,19H,3-6,10-11H2,1-2H3. The van der Waals surface area contributed by atoms with Crippen molar-refractivity contribution in [2.24, 2.45) is 0 Å². The predicted molar refractivity (Wildman–Crippen MR) is 75.6 cm³/mol. The zero-order valence-corrected chi connectivity index (χ0v) is 12.2. The van der Waals surface area contributed by atoms with Gasteiger partial charge in [-0.2, -0.15) is 0 Å². The second-order valence-electron chi connectivity index (χ2n) is 5.55. The van der Waals surface area contributed by atoms with E-state index in [1.807, 2.05) is 0 Å². The van der Waals surface area contributed by atoms with Crippen LogP contribution >= 0.6 is 0 Å². The molecule has 112 valence electrons. The highest BCUT2D eigenvalue weighted by Crippen LogP contribution is 2.40. The Kier molecular flexibility index (Phi) is 5.11. The van der Waals surface area contributed by atoms with Gasteiger partial charge in [0.25, 0.3) is 0 Å². The van der Waals surface area contributed by atoms with E-state index < -0.39 is 17.2 Å². The van der Waals surface area contributed by atoms with Crippen molar-refractivity contribution in [3.63, 3.8) is 0 Å². The van der Waals surface area contributed by atoms with Gasteiger partial charge in [0, 0.05) is 12.7 Å². The van der Waals surface area contributed by atoms with Crippen molar-refractivity contribution in [3.05, 3.63) is 35.4 Å². The molecule has 0 radical (unpaired) electrons. The Morgan fingerprint density at radius 1 is 1.15 bits per heavy atom. The SMILES string of the molecule is CNC(c1cccc(F)c1F)C1(OC)CCCCCC1. The number of nitrogens with one attached hydrogen (secondary N) is 1. The molecule has 1 atom stereocenters. The molecule has 0 aromatic heterocycles. The van der Waals surface area contributed by atoms with Crippen LogP contribution in [-0.2, 0) is 4.74 Å². The summed E-state index contributed by atoms with van der Waals surface area (Å²) in [5.74, 6) is -1.57. The molecular weight excluding hydrogens is 260 g/mol. The predicted octanol–water partition coefficient (Wildman–Crippen LogP) is 3.96. The molecule has 0 bridgehead atoms. The van der Waals surface area contributed by atoms with Crippen LogP contribution in [0.25, 0.3) is 0 Å². The van der Waals surface area contributed by atoms with Crippen molar-refractivity contribution in [1.82, 2.24) is 5.32 Å². The lowest BCUT2D eigenvalue weighted by Crippen LogP contribution is -2.44. The Bertz CT molecular complexity index is 442. The van der Waals surface area contributed by atoms with Crippen LogP contribution in [0, 0.1) is 11.6 Å². The quantitative estimate of drug-likeness (QED) is 0.844. The van der Waals surface area contributed by atoms with Crippen LogP contribution in [-0.4, -0.2) is 19.8 Å². The number of halogens is 2. The van der Waals surface area contributed by atoms with Crippen molar-refractivity contribution in [2.75, 3.05) is 14.2 Å². The molecule has 20 heavy (non-hydrogen) atoms. The van der Waals surface area contributed by atoms with Gasteiger partial charge in [0.1, 0.15) is 0 Å². The van der Waals surface area contributed by atoms with Crippen LogP contribution in [0.15, 0.2) is 18.2 Å². The van der Waals surface area contributed by atoms with E-state index in [9.17, 15) is 8.78 Å². The summed E-state index contributed by atoms with van der Waals surface area (Å²) >= 11 is 0. The van der Waals surface area contributed by atoms with Crippen LogP contribution in [0.1, 0.15) is 50.1 Å². The summed E-state index contributed by atoms with van der Waals surface area (Å²) in [6.45, 7) is 0. The molecule has 0 spiro atoms. The van der Waals surface area contributed by atoms with E-state index >= 15 is 0 Å². The average molecular weight is 283 g/mol. The smallest absolute Gasteiger partial charge is 0.163 e. The van der Waals surface area contributed by atoms with Gasteiger partial charge in [-0.3, -0.25) is 0 Å². The van der Waals surface area contributed by atoms with Crippen LogP contribution in [0.5, 0.6) is 0 Å². The minimum absolute atomic E-state index is 0.332. The summed E-state index contributed by atoms with van der Waals surface area (Å²) in [6.07, 6.45) is 6.20. The van der Waals surface area contributed by atoms with E-state index in [0.29, 0.717) is 5.56 Å². The van der Waals surface area contributed by atoms with Crippen molar-refractivity contribution in [2.45, 2.75) is 50.2 Å². The second kappa shape index (κ2) is 6.64. The lowest BCUT2D eigenvalue weighted by Gasteiger charge is -2.39. The van der Waals surface area contributed by atoms with E-state index in [1.54, 1.807) is 26.3 Å². The molecule has 1 unspecified atom stereocenters. The van der Waals surface area contributed by atoms with E-state index in [2.05, 4.69) is 5.32 Å². The molecule has 1 saturated carbocycles. The molecule has 1 aromatic rings. The maximum absolute atomic E-state index is 14.1. The normalized spacial score (nSPS) is 20.4. The highest BCUT2D eigenvalue weighted by molar-refractivity contribution is 5.25. The first-order valence-corrected chi connectivity index (χ1v) is 7.31. The molecule has 4 heteroatoms. The summed E-state index contributed by atoms with van der Waals surface area (Å²) < 4.78 is 33.4. The molecular formula is C16H23F2NO. The van der Waals surface area contributed by atoms with E-state index in [-0.39, 0.29) is 6.04 Å². The van der Waals surface area contributed by atoms with Crippen LogP contribution in [0.2, 0.25) is 0 Å². The lowest BCUT2D eigenvalue weighted by atomic mass is 9.82. The molecule has 1 N–H and O–H groups in total. The van der Waals surface area contributed by atoms with Gasteiger partial charge in [0.2, 0.25) is 0 Å². The van der Waals surface area contributed by atoms with E-state index in [4.69, 9.17) is 4.74 Å². The topological polar surface area (TPSA) is 21.3 Å². The van der Waals surface area contributed by atoms with Crippen molar-refractivity contribution < 1.29 is 13.5 Å². The molecule has 0 amide bonds. The van der Waals surface area contributed by atoms with Crippen LogP contribution in [0.4, 0.5) is 8.78 Å². The van der Waals surface area contributed by atoms with Gasteiger partial charge in [-0.15, -0.1) is 0 Å². The third-order valence-corrected chi connectivity index (χ3v) is 4.46.